The van der Waals surface area contributed by atoms with Crippen molar-refractivity contribution < 1.29 is 42.9 Å². The van der Waals surface area contributed by atoms with Gasteiger partial charge in [0.15, 0.2) is 5.75 Å². The van der Waals surface area contributed by atoms with Crippen molar-refractivity contribution in [1.82, 2.24) is 43.9 Å². The molecule has 96 heavy (non-hydrogen) atoms. The summed E-state index contributed by atoms with van der Waals surface area (Å²) in [5, 5.41) is 19.6. The van der Waals surface area contributed by atoms with Gasteiger partial charge in [0, 0.05) is 118 Å². The molecule has 0 radical (unpaired) electrons. The summed E-state index contributed by atoms with van der Waals surface area (Å²) in [6.45, 7) is 9.15. The molecule has 15 rings (SSSR count). The summed E-state index contributed by atoms with van der Waals surface area (Å²) in [6.07, 6.45) is 3.72. The zero-order valence-electron chi connectivity index (χ0n) is 54.3. The Hall–Kier alpha value is -10.2. The van der Waals surface area contributed by atoms with Crippen LogP contribution >= 0.6 is 0 Å². The van der Waals surface area contributed by atoms with E-state index in [1.165, 1.54) is 15.5 Å². The van der Waals surface area contributed by atoms with Gasteiger partial charge in [-0.2, -0.15) is 5.10 Å². The number of aromatic nitrogens is 5. The van der Waals surface area contributed by atoms with Crippen molar-refractivity contribution in [2.75, 3.05) is 51.3 Å². The van der Waals surface area contributed by atoms with Gasteiger partial charge in [-0.15, -0.1) is 0 Å². The van der Waals surface area contributed by atoms with Gasteiger partial charge in [0.05, 0.1) is 34.4 Å². The lowest BCUT2D eigenvalue weighted by molar-refractivity contribution is -0.135. The van der Waals surface area contributed by atoms with Gasteiger partial charge in [-0.1, -0.05) is 109 Å². The highest BCUT2D eigenvalue weighted by Crippen LogP contribution is 2.55. The van der Waals surface area contributed by atoms with Crippen LogP contribution in [0, 0.1) is 12.7 Å². The Balaban J connectivity index is 0.795. The molecule has 4 aliphatic heterocycles. The van der Waals surface area contributed by atoms with E-state index < -0.39 is 29.4 Å². The number of anilines is 1. The Morgan fingerprint density at radius 3 is 2.07 bits per heavy atom. The first-order valence-corrected chi connectivity index (χ1v) is 33.1. The first-order valence-electron chi connectivity index (χ1n) is 33.1. The fourth-order valence-corrected chi connectivity index (χ4v) is 15.4. The molecule has 5 aliphatic rings. The maximum atomic E-state index is 17.5. The number of likely N-dealkylation sites (tertiary alicyclic amines) is 1. The fraction of sp³-hybridized carbons (Fsp3) is 0.329. The van der Waals surface area contributed by atoms with E-state index in [4.69, 9.17) is 24.3 Å². The van der Waals surface area contributed by atoms with E-state index in [1.807, 2.05) is 127 Å². The molecule has 0 spiro atoms. The van der Waals surface area contributed by atoms with Gasteiger partial charge < -0.3 is 34.0 Å². The molecule has 10 aromatic rings. The largest absolute Gasteiger partial charge is 0.486 e. The third-order valence-electron chi connectivity index (χ3n) is 20.5. The lowest BCUT2D eigenvalue weighted by atomic mass is 9.77. The van der Waals surface area contributed by atoms with Gasteiger partial charge in [0.25, 0.3) is 5.91 Å². The first kappa shape index (κ1) is 62.0. The number of carbonyl (C=O) groups excluding carboxylic acids is 3. The number of piperazine rings is 2. The molecule has 1 aliphatic carbocycles. The van der Waals surface area contributed by atoms with Crippen LogP contribution in [0.25, 0.3) is 44.0 Å². The summed E-state index contributed by atoms with van der Waals surface area (Å²) in [5.41, 5.74) is 9.67. The van der Waals surface area contributed by atoms with Crippen LogP contribution < -0.4 is 25.4 Å². The summed E-state index contributed by atoms with van der Waals surface area (Å²) in [6, 6.07) is 48.7. The minimum absolute atomic E-state index is 0.0437. The van der Waals surface area contributed by atoms with Crippen LogP contribution in [-0.2, 0) is 40.1 Å². The first-order chi connectivity index (χ1) is 46.6. The molecule has 7 aromatic carbocycles. The van der Waals surface area contributed by atoms with E-state index in [-0.39, 0.29) is 73.7 Å². The monoisotopic (exact) mass is 1290 g/mol. The van der Waals surface area contributed by atoms with E-state index in [1.54, 1.807) is 18.7 Å². The lowest BCUT2D eigenvalue weighted by Crippen LogP contribution is -2.53. The number of hydrogen-bond acceptors (Lipinski definition) is 12. The zero-order chi connectivity index (χ0) is 66.3. The van der Waals surface area contributed by atoms with Crippen LogP contribution in [0.1, 0.15) is 107 Å². The number of carboxylic acid groups (broad SMARTS) is 1. The van der Waals surface area contributed by atoms with Crippen LogP contribution in [0.3, 0.4) is 0 Å². The van der Waals surface area contributed by atoms with Crippen molar-refractivity contribution in [3.63, 3.8) is 0 Å². The second kappa shape index (κ2) is 24.9. The lowest BCUT2D eigenvalue weighted by Gasteiger charge is -2.40. The van der Waals surface area contributed by atoms with Gasteiger partial charge in [0.1, 0.15) is 36.1 Å². The number of rotatable bonds is 18. The van der Waals surface area contributed by atoms with Gasteiger partial charge >= 0.3 is 11.8 Å². The number of piperidine rings is 1. The molecule has 1 saturated carbocycles. The van der Waals surface area contributed by atoms with Crippen molar-refractivity contribution in [2.45, 2.75) is 108 Å². The highest BCUT2D eigenvalue weighted by atomic mass is 19.1. The predicted octanol–water partition coefficient (Wildman–Crippen LogP) is 11.3. The molecule has 490 valence electrons. The molecule has 19 nitrogen and oxygen atoms in total. The number of nitrogens with zero attached hydrogens (tertiary/aromatic N) is 9. The summed E-state index contributed by atoms with van der Waals surface area (Å²) in [7, 11) is 3.32. The van der Waals surface area contributed by atoms with Crippen LogP contribution in [0.5, 0.6) is 11.6 Å². The number of fused-ring (bicyclic) bond motifs is 5. The van der Waals surface area contributed by atoms with E-state index in [0.29, 0.717) is 107 Å². The average molecular weight is 1290 g/mol. The molecule has 7 heterocycles. The third-order valence-corrected chi connectivity index (χ3v) is 20.5. The second-order valence-corrected chi connectivity index (χ2v) is 26.6. The Morgan fingerprint density at radius 2 is 1.45 bits per heavy atom. The number of imide groups is 1. The van der Waals surface area contributed by atoms with Crippen LogP contribution in [0.15, 0.2) is 163 Å². The quantitative estimate of drug-likeness (QED) is 0.0608. The van der Waals surface area contributed by atoms with Crippen molar-refractivity contribution in [2.24, 2.45) is 7.05 Å². The van der Waals surface area contributed by atoms with E-state index in [2.05, 4.69) is 70.7 Å². The average Bonchev–Trinajstić information content (AvgIpc) is 1.38. The molecule has 20 heteroatoms. The fourth-order valence-electron chi connectivity index (χ4n) is 15.4. The molecule has 4 amide bonds. The smallest absolute Gasteiger partial charge is 0.407 e. The molecule has 5 fully saturated rings. The van der Waals surface area contributed by atoms with Gasteiger partial charge in [0.2, 0.25) is 17.7 Å². The summed E-state index contributed by atoms with van der Waals surface area (Å²) >= 11 is 0. The summed E-state index contributed by atoms with van der Waals surface area (Å²) < 4.78 is 42.1. The molecular formula is C76H75FN10O9. The van der Waals surface area contributed by atoms with Gasteiger partial charge in [-0.3, -0.25) is 38.4 Å². The van der Waals surface area contributed by atoms with Crippen molar-refractivity contribution >= 4 is 62.3 Å². The number of pyridine rings is 1. The minimum atomic E-state index is -1.02. The number of amides is 4. The number of aryl methyl sites for hydroxylation is 1. The van der Waals surface area contributed by atoms with Gasteiger partial charge in [-0.05, 0) is 122 Å². The van der Waals surface area contributed by atoms with Crippen LogP contribution in [0.4, 0.5) is 14.9 Å². The molecule has 3 aromatic heterocycles. The second-order valence-electron chi connectivity index (χ2n) is 26.6. The van der Waals surface area contributed by atoms with Crippen molar-refractivity contribution in [3.05, 3.63) is 219 Å². The number of halogens is 1. The Labute approximate surface area is 554 Å². The summed E-state index contributed by atoms with van der Waals surface area (Å²) in [4.78, 5) is 78.7. The van der Waals surface area contributed by atoms with E-state index >= 15 is 4.39 Å². The minimum Gasteiger partial charge on any atom is -0.486 e. The maximum absolute atomic E-state index is 17.5. The number of methoxy groups -OCH3 is 1. The van der Waals surface area contributed by atoms with E-state index in [0.717, 1.165) is 57.3 Å². The standard InChI is InChI=1S/C76H75FN10O9/c1-45-38-82(39-49-23-28-62-65(33-49)81(4)74(91)87(62)63-29-30-66(88)78-72(63)89)31-32-83(45)73(90)51-24-21-48(22-25-51)44-96-71-69(57(50-26-27-50)35-58-64(37-67(79-70(58)71)95-43-46(2)94-5)84-40-56-34-55(84)41-85(56)75(92)93)68-47(3)60(77)36-61-59(68)42-86(80-61)76(52-15-9-6-10-16-52,53-17-11-7-12-18-53)54-19-13-8-14-20-54/h6-25,28,33,35-37,42,45-46,50,55-56,63H,26-27,29-32,34,38-41,43-44H2,1-5H3,(H,92,93)(H,78,88,89)/t45-,46-,55-,56-,63?/m0/s1. The SMILES string of the molecule is CO[C@@H](C)COc1cc(N2C[C@@H]3C[C@H]2CN3C(=O)O)c2cc(C3CC3)c(-c3c(C)c(F)cc4nn(C(c5ccccc5)(c5ccccc5)c5ccccc5)cc34)c(OCc3ccc(C(=O)N4CCN(Cc5ccc6c(c5)n(C)c(=O)n6C5CCC(=O)NC5=O)C[C@@H]4C)cc3)c2n1. The van der Waals surface area contributed by atoms with Crippen molar-refractivity contribution in [3.8, 4) is 22.8 Å². The summed E-state index contributed by atoms with van der Waals surface area (Å²) in [5.74, 6) is -0.498. The molecule has 5 atom stereocenters. The molecular weight excluding hydrogens is 1220 g/mol. The zero-order valence-corrected chi connectivity index (χ0v) is 54.3. The number of carbonyl (C=O) groups is 4. The molecule has 1 unspecified atom stereocenters. The van der Waals surface area contributed by atoms with Gasteiger partial charge in [-0.25, -0.2) is 19.0 Å². The Kier molecular flexibility index (Phi) is 16.0. The van der Waals surface area contributed by atoms with Crippen molar-refractivity contribution in [1.29, 1.82) is 0 Å². The Bertz CT molecular complexity index is 4670. The number of nitrogens with one attached hydrogen (secondary N) is 1. The third kappa shape index (κ3) is 10.9. The molecule has 4 saturated heterocycles. The number of imidazole rings is 1. The van der Waals surface area contributed by atoms with E-state index in [9.17, 15) is 29.1 Å². The number of hydrogen-bond donors (Lipinski definition) is 2. The highest BCUT2D eigenvalue weighted by Gasteiger charge is 2.47. The highest BCUT2D eigenvalue weighted by molar-refractivity contribution is 6.07. The predicted molar refractivity (Wildman–Crippen MR) is 363 cm³/mol. The normalized spacial score (nSPS) is 19.4. The maximum Gasteiger partial charge on any atom is 0.407 e. The number of benzene rings is 7. The Morgan fingerprint density at radius 1 is 0.760 bits per heavy atom. The topological polar surface area (TPSA) is 199 Å². The number of ether oxygens (including phenoxy) is 3. The molecule has 2 bridgehead atoms. The molecule has 2 N–H and O–H groups in total. The van der Waals surface area contributed by atoms with Crippen LogP contribution in [-0.4, -0.2) is 138 Å². The van der Waals surface area contributed by atoms with Crippen LogP contribution in [0.2, 0.25) is 0 Å².